The summed E-state index contributed by atoms with van der Waals surface area (Å²) >= 11 is 0. The number of rotatable bonds is 13. The summed E-state index contributed by atoms with van der Waals surface area (Å²) in [5.74, 6) is 16.1. The highest BCUT2D eigenvalue weighted by molar-refractivity contribution is 5.90. The number of ketones is 2. The second-order valence-corrected chi connectivity index (χ2v) is 30.2. The molecule has 16 aliphatic carbocycles. The third-order valence-corrected chi connectivity index (χ3v) is 24.7. The maximum atomic E-state index is 12.0. The topological polar surface area (TPSA) is 257 Å². The third-order valence-electron chi connectivity index (χ3n) is 24.7. The summed E-state index contributed by atoms with van der Waals surface area (Å²) in [6.45, 7) is 26.8. The Labute approximate surface area is 546 Å². The summed E-state index contributed by atoms with van der Waals surface area (Å²) < 4.78 is 24.7. The summed E-state index contributed by atoms with van der Waals surface area (Å²) in [6.07, 6.45) is 30.0. The van der Waals surface area contributed by atoms with Gasteiger partial charge in [0.1, 0.15) is 37.0 Å². The van der Waals surface area contributed by atoms with Crippen LogP contribution in [0.4, 0.5) is 0 Å². The van der Waals surface area contributed by atoms with Crippen molar-refractivity contribution in [2.24, 2.45) is 130 Å². The molecule has 0 aromatic carbocycles. The molecule has 0 heterocycles. The zero-order chi connectivity index (χ0) is 67.5. The van der Waals surface area contributed by atoms with Gasteiger partial charge in [0.05, 0.1) is 51.8 Å². The van der Waals surface area contributed by atoms with Gasteiger partial charge in [-0.15, -0.1) is 0 Å². The maximum absolute atomic E-state index is 12.0. The number of aliphatic hydroxyl groups excluding tert-OH is 2. The number of hydrogen-bond acceptors (Lipinski definition) is 17. The molecule has 0 amide bonds. The van der Waals surface area contributed by atoms with Crippen LogP contribution in [0, 0.1) is 130 Å². The number of methoxy groups -OCH3 is 2. The summed E-state index contributed by atoms with van der Waals surface area (Å²) in [7, 11) is 2.57. The van der Waals surface area contributed by atoms with Gasteiger partial charge in [0.15, 0.2) is 0 Å². The highest BCUT2D eigenvalue weighted by Crippen LogP contribution is 2.69. The molecule has 2 N–H and O–H groups in total. The Balaban J connectivity index is 0.000000155. The molecule has 0 radical (unpaired) electrons. The molecule has 0 spiro atoms. The first-order valence-electron chi connectivity index (χ1n) is 34.4. The molecule has 21 atom stereocenters. The Morgan fingerprint density at radius 3 is 1.42 bits per heavy atom. The van der Waals surface area contributed by atoms with Gasteiger partial charge in [-0.25, -0.2) is 24.0 Å². The van der Waals surface area contributed by atoms with Crippen LogP contribution < -0.4 is 0 Å². The molecule has 0 saturated heterocycles. The Morgan fingerprint density at radius 2 is 0.967 bits per heavy atom. The first-order valence-corrected chi connectivity index (χ1v) is 34.4. The van der Waals surface area contributed by atoms with Crippen molar-refractivity contribution in [2.45, 2.75) is 174 Å². The molecule has 92 heavy (non-hydrogen) atoms. The molecular weight excluding hydrogens is 1170 g/mol. The van der Waals surface area contributed by atoms with Crippen LogP contribution in [0.3, 0.4) is 0 Å². The van der Waals surface area contributed by atoms with Crippen molar-refractivity contribution in [3.63, 3.8) is 0 Å². The van der Waals surface area contributed by atoms with Crippen LogP contribution in [0.1, 0.15) is 168 Å². The predicted octanol–water partition coefficient (Wildman–Crippen LogP) is 11.1. The van der Waals surface area contributed by atoms with Gasteiger partial charge in [0.25, 0.3) is 0 Å². The first-order chi connectivity index (χ1) is 44.0. The van der Waals surface area contributed by atoms with Crippen LogP contribution >= 0.6 is 0 Å². The SMILES string of the molecule is C=C(C)C(=O)OC.C=C(C)C(=O)OC12CC3CC(C1)C(=O)C(C3)C2.C=C(C)C(=O)OCC1CC2CCC1C2.C=C(CO)C(=O)OC.C=C(CO)C(=O)OCC1CC2CC1C1C3CCC(C3)C21.C=O.C=O.O=C1CC2CC1C1C3CCC(C3)C21.O=CC1CC2CCC1C2. The normalized spacial score (nSPS) is 38.3. The quantitative estimate of drug-likeness (QED) is 0.0571. The number of aldehydes is 1. The minimum Gasteiger partial charge on any atom is -0.466 e. The largest absolute Gasteiger partial charge is 0.466 e. The lowest BCUT2D eigenvalue weighted by molar-refractivity contribution is -0.186. The minimum atomic E-state index is -0.563. The van der Waals surface area contributed by atoms with E-state index in [1.165, 1.54) is 130 Å². The molecule has 16 bridgehead atoms. The summed E-state index contributed by atoms with van der Waals surface area (Å²) in [5.41, 5.74) is 1.29. The molecular formula is C75H108O17. The van der Waals surface area contributed by atoms with Gasteiger partial charge >= 0.3 is 29.8 Å². The van der Waals surface area contributed by atoms with E-state index >= 15 is 0 Å². The fraction of sp³-hybridized carbons (Fsp3) is 0.733. The van der Waals surface area contributed by atoms with Crippen LogP contribution in [-0.4, -0.2) is 118 Å². The molecule has 0 aliphatic heterocycles. The number of ether oxygens (including phenoxy) is 5. The van der Waals surface area contributed by atoms with Crippen molar-refractivity contribution in [1.29, 1.82) is 0 Å². The van der Waals surface area contributed by atoms with Crippen LogP contribution in [0.2, 0.25) is 0 Å². The van der Waals surface area contributed by atoms with Gasteiger partial charge in [-0.2, -0.15) is 0 Å². The fourth-order valence-corrected chi connectivity index (χ4v) is 21.3. The smallest absolute Gasteiger partial charge is 0.335 e. The van der Waals surface area contributed by atoms with Crippen molar-refractivity contribution < 1.29 is 81.8 Å². The molecule has 16 aliphatic rings. The van der Waals surface area contributed by atoms with Crippen LogP contribution in [0.25, 0.3) is 0 Å². The van der Waals surface area contributed by atoms with Crippen LogP contribution in [0.15, 0.2) is 60.8 Å². The van der Waals surface area contributed by atoms with Crippen molar-refractivity contribution in [3.05, 3.63) is 60.8 Å². The molecule has 510 valence electrons. The van der Waals surface area contributed by atoms with E-state index < -0.39 is 11.9 Å². The maximum Gasteiger partial charge on any atom is 0.335 e. The lowest BCUT2D eigenvalue weighted by Gasteiger charge is -2.54. The van der Waals surface area contributed by atoms with E-state index in [2.05, 4.69) is 42.4 Å². The molecule has 21 unspecified atom stereocenters. The van der Waals surface area contributed by atoms with E-state index in [0.29, 0.717) is 71.1 Å². The first kappa shape index (κ1) is 73.7. The average Bonchev–Trinajstić information content (AvgIpc) is 1.48. The highest BCUT2D eigenvalue weighted by atomic mass is 16.6. The van der Waals surface area contributed by atoms with Gasteiger partial charge in [-0.05, 0) is 256 Å². The van der Waals surface area contributed by atoms with Crippen molar-refractivity contribution >= 4 is 61.3 Å². The summed E-state index contributed by atoms with van der Waals surface area (Å²) in [5, 5.41) is 17.1. The zero-order valence-electron chi connectivity index (χ0n) is 55.8. The fourth-order valence-electron chi connectivity index (χ4n) is 21.3. The lowest BCUT2D eigenvalue weighted by atomic mass is 9.53. The predicted molar refractivity (Wildman–Crippen MR) is 345 cm³/mol. The lowest BCUT2D eigenvalue weighted by Crippen LogP contribution is -2.56. The number of Topliss-reactive ketones (excluding diaryl/α,β-unsaturated/α-hetero) is 2. The van der Waals surface area contributed by atoms with E-state index in [-0.39, 0.29) is 59.7 Å². The monoisotopic (exact) mass is 1280 g/mol. The highest BCUT2D eigenvalue weighted by Gasteiger charge is 2.64. The molecule has 17 nitrogen and oxygen atoms in total. The number of hydrogen-bond donors (Lipinski definition) is 2. The molecule has 17 heteroatoms. The van der Waals surface area contributed by atoms with Gasteiger partial charge in [-0.3, -0.25) is 9.59 Å². The van der Waals surface area contributed by atoms with Crippen molar-refractivity contribution in [3.8, 4) is 0 Å². The van der Waals surface area contributed by atoms with E-state index in [0.717, 1.165) is 127 Å². The van der Waals surface area contributed by atoms with Gasteiger partial charge in [0, 0.05) is 46.8 Å². The Kier molecular flexibility index (Phi) is 26.5. The number of carbonyl (C=O) groups excluding carboxylic acids is 10. The minimum absolute atomic E-state index is 0.0764. The molecule has 16 fully saturated rings. The Bertz CT molecular complexity index is 2690. The number of fused-ring (bicyclic) bond motifs is 22. The van der Waals surface area contributed by atoms with Gasteiger partial charge < -0.3 is 48.3 Å². The van der Waals surface area contributed by atoms with E-state index in [4.69, 9.17) is 34.0 Å². The number of esters is 5. The zero-order valence-corrected chi connectivity index (χ0v) is 55.8. The van der Waals surface area contributed by atoms with E-state index in [1.54, 1.807) is 20.8 Å². The molecule has 0 aromatic heterocycles. The van der Waals surface area contributed by atoms with Gasteiger partial charge in [0.2, 0.25) is 0 Å². The number of aliphatic hydroxyl groups is 2. The Morgan fingerprint density at radius 1 is 0.478 bits per heavy atom. The molecule has 0 aromatic rings. The van der Waals surface area contributed by atoms with Crippen molar-refractivity contribution in [1.82, 2.24) is 0 Å². The van der Waals surface area contributed by atoms with Gasteiger partial charge in [-0.1, -0.05) is 45.7 Å². The summed E-state index contributed by atoms with van der Waals surface area (Å²) in [4.78, 5) is 105. The standard InChI is InChI=1S/C17H24O3.C14H18O3.C12H18O2.C12H16O.C8H12O.C5H8O3.C5H8O2.2CH2O/c1-9(7-18)17(19)20-8-13-5-12-6-14(13)16-11-3-2-10(4-11)15(12)16;1-8(2)13(16)17-14-5-9-3-10(6-14)12(15)11(4-9)7-14;1-8(2)12(13)14-7-11-6-9-3-4-10(11)5-9;13-10-5-8-4-9(10)12-7-2-1-6(3-7)11(8)12;9-5-8-4-6-1-2-7(8)3-6;1-4(3-6)5(7)8-2;1-4(2)5(6)7-3;2*1-2/h10-16,18H,1-8H2;9-11H,1,3-7H2,2H3;9-11H,1,3-7H2,2H3;6-9,11-12H,1-5H2;5-8H,1-4H2;6H,1,3H2,2H3;1H2,2-3H3;2*1H2. The number of carbonyl (C=O) groups is 10. The van der Waals surface area contributed by atoms with Crippen molar-refractivity contribution in [2.75, 3.05) is 40.6 Å². The van der Waals surface area contributed by atoms with E-state index in [1.807, 2.05) is 13.6 Å². The van der Waals surface area contributed by atoms with Crippen LogP contribution in [0.5, 0.6) is 0 Å². The Hall–Kier alpha value is -5.68. The second kappa shape index (κ2) is 33.1. The molecule has 16 rings (SSSR count). The molecule has 16 saturated carbocycles. The third kappa shape index (κ3) is 16.9. The van der Waals surface area contributed by atoms with Crippen LogP contribution in [-0.2, 0) is 71.6 Å². The average molecular weight is 1280 g/mol. The summed E-state index contributed by atoms with van der Waals surface area (Å²) in [6, 6.07) is 0. The van der Waals surface area contributed by atoms with E-state index in [9.17, 15) is 38.4 Å². The second-order valence-electron chi connectivity index (χ2n) is 30.2.